The van der Waals surface area contributed by atoms with Crippen LogP contribution >= 0.6 is 0 Å². The molecule has 0 radical (unpaired) electrons. The van der Waals surface area contributed by atoms with Crippen LogP contribution in [0, 0.1) is 12.8 Å². The SMILES string of the molecule is Cc1ccc(CNS(=O)(=O)N2CCC(C(N)(CCCCB(O)O)C(=O)O)CC2)cc1. The fourth-order valence-electron chi connectivity index (χ4n) is 3.81. The third kappa shape index (κ3) is 6.76. The van der Waals surface area contributed by atoms with E-state index in [1.807, 2.05) is 31.2 Å². The van der Waals surface area contributed by atoms with Crippen molar-refractivity contribution in [3.8, 4) is 0 Å². The highest BCUT2D eigenvalue weighted by Crippen LogP contribution is 2.32. The first-order valence-electron chi connectivity index (χ1n) is 10.2. The molecule has 0 aromatic heterocycles. The molecule has 11 heteroatoms. The summed E-state index contributed by atoms with van der Waals surface area (Å²) in [6.07, 6.45) is 2.00. The molecule has 1 aliphatic heterocycles. The van der Waals surface area contributed by atoms with Gasteiger partial charge in [-0.2, -0.15) is 17.4 Å². The fraction of sp³-hybridized carbons (Fsp3) is 0.632. The maximum atomic E-state index is 12.6. The predicted molar refractivity (Wildman–Crippen MR) is 115 cm³/mol. The number of aryl methyl sites for hydroxylation is 1. The number of nitrogens with one attached hydrogen (secondary N) is 1. The van der Waals surface area contributed by atoms with Crippen molar-refractivity contribution in [1.29, 1.82) is 0 Å². The third-order valence-electron chi connectivity index (χ3n) is 5.80. The van der Waals surface area contributed by atoms with Gasteiger partial charge >= 0.3 is 13.1 Å². The molecule has 30 heavy (non-hydrogen) atoms. The molecule has 9 nitrogen and oxygen atoms in total. The largest absolute Gasteiger partial charge is 0.480 e. The Morgan fingerprint density at radius 2 is 1.83 bits per heavy atom. The molecule has 2 rings (SSSR count). The van der Waals surface area contributed by atoms with Crippen molar-refractivity contribution in [1.82, 2.24) is 9.03 Å². The Balaban J connectivity index is 1.90. The summed E-state index contributed by atoms with van der Waals surface area (Å²) in [6.45, 7) is 2.56. The number of piperidine rings is 1. The second kappa shape index (κ2) is 10.7. The van der Waals surface area contributed by atoms with Crippen molar-refractivity contribution in [2.75, 3.05) is 13.1 Å². The average molecular weight is 441 g/mol. The van der Waals surface area contributed by atoms with Gasteiger partial charge in [0.2, 0.25) is 0 Å². The minimum atomic E-state index is -3.67. The number of carboxylic acids is 1. The number of aliphatic carboxylic acids is 1. The molecule has 0 spiro atoms. The van der Waals surface area contributed by atoms with Gasteiger partial charge in [-0.15, -0.1) is 0 Å². The number of nitrogens with two attached hydrogens (primary N) is 1. The van der Waals surface area contributed by atoms with Gasteiger partial charge in [0.15, 0.2) is 0 Å². The van der Waals surface area contributed by atoms with Crippen LogP contribution in [0.2, 0.25) is 6.32 Å². The van der Waals surface area contributed by atoms with Crippen LogP contribution in [0.25, 0.3) is 0 Å². The predicted octanol–water partition coefficient (Wildman–Crippen LogP) is 0.467. The molecule has 1 saturated heterocycles. The lowest BCUT2D eigenvalue weighted by molar-refractivity contribution is -0.146. The normalized spacial score (nSPS) is 18.1. The minimum absolute atomic E-state index is 0.166. The maximum Gasteiger partial charge on any atom is 0.451 e. The van der Waals surface area contributed by atoms with Crippen molar-refractivity contribution in [3.63, 3.8) is 0 Å². The highest BCUT2D eigenvalue weighted by atomic mass is 32.2. The van der Waals surface area contributed by atoms with Crippen LogP contribution in [-0.2, 0) is 21.5 Å². The Labute approximate surface area is 178 Å². The molecule has 6 N–H and O–H groups in total. The van der Waals surface area contributed by atoms with Gasteiger partial charge in [-0.05, 0) is 44.0 Å². The first-order chi connectivity index (χ1) is 14.0. The average Bonchev–Trinajstić information content (AvgIpc) is 2.70. The number of carbonyl (C=O) groups is 1. The molecular formula is C19H32BN3O6S. The van der Waals surface area contributed by atoms with Gasteiger partial charge in [0.25, 0.3) is 10.2 Å². The van der Waals surface area contributed by atoms with Crippen LogP contribution in [0.1, 0.15) is 43.2 Å². The summed E-state index contributed by atoms with van der Waals surface area (Å²) in [5, 5.41) is 27.5. The zero-order valence-electron chi connectivity index (χ0n) is 17.3. The monoisotopic (exact) mass is 441 g/mol. The van der Waals surface area contributed by atoms with E-state index in [0.29, 0.717) is 25.7 Å². The smallest absolute Gasteiger partial charge is 0.451 e. The number of carboxylic acid groups (broad SMARTS) is 1. The number of unbranched alkanes of at least 4 members (excludes halogenated alkanes) is 1. The van der Waals surface area contributed by atoms with E-state index < -0.39 is 28.8 Å². The van der Waals surface area contributed by atoms with Crippen molar-refractivity contribution in [2.24, 2.45) is 11.7 Å². The van der Waals surface area contributed by atoms with E-state index in [0.717, 1.165) is 11.1 Å². The van der Waals surface area contributed by atoms with E-state index >= 15 is 0 Å². The molecule has 1 aromatic rings. The van der Waals surface area contributed by atoms with E-state index in [2.05, 4.69) is 4.72 Å². The molecule has 0 aliphatic carbocycles. The van der Waals surface area contributed by atoms with Crippen molar-refractivity contribution >= 4 is 23.3 Å². The van der Waals surface area contributed by atoms with E-state index in [1.54, 1.807) is 0 Å². The lowest BCUT2D eigenvalue weighted by Crippen LogP contribution is -2.57. The summed E-state index contributed by atoms with van der Waals surface area (Å²) in [5.41, 5.74) is 6.73. The van der Waals surface area contributed by atoms with Gasteiger partial charge in [0.1, 0.15) is 5.54 Å². The zero-order chi connectivity index (χ0) is 22.4. The van der Waals surface area contributed by atoms with Crippen LogP contribution in [0.5, 0.6) is 0 Å². The summed E-state index contributed by atoms with van der Waals surface area (Å²) < 4.78 is 29.2. The van der Waals surface area contributed by atoms with Gasteiger partial charge in [-0.25, -0.2) is 0 Å². The van der Waals surface area contributed by atoms with Gasteiger partial charge in [0, 0.05) is 19.6 Å². The van der Waals surface area contributed by atoms with E-state index in [4.69, 9.17) is 15.8 Å². The second-order valence-electron chi connectivity index (χ2n) is 8.06. The molecule has 1 aromatic carbocycles. The molecular weight excluding hydrogens is 409 g/mol. The lowest BCUT2D eigenvalue weighted by Gasteiger charge is -2.39. The van der Waals surface area contributed by atoms with Crippen LogP contribution < -0.4 is 10.5 Å². The zero-order valence-corrected chi connectivity index (χ0v) is 18.1. The first kappa shape index (κ1) is 24.8. The Kier molecular flexibility index (Phi) is 8.83. The van der Waals surface area contributed by atoms with Crippen molar-refractivity contribution in [2.45, 2.75) is 57.4 Å². The van der Waals surface area contributed by atoms with Gasteiger partial charge in [0.05, 0.1) is 0 Å². The summed E-state index contributed by atoms with van der Waals surface area (Å²) >= 11 is 0. The number of benzene rings is 1. The molecule has 0 saturated carbocycles. The molecule has 1 unspecified atom stereocenters. The summed E-state index contributed by atoms with van der Waals surface area (Å²) in [7, 11) is -5.09. The summed E-state index contributed by atoms with van der Waals surface area (Å²) in [4.78, 5) is 11.8. The first-order valence-corrected chi connectivity index (χ1v) is 11.7. The molecule has 0 amide bonds. The lowest BCUT2D eigenvalue weighted by atomic mass is 9.74. The summed E-state index contributed by atoms with van der Waals surface area (Å²) in [5.74, 6) is -1.46. The highest BCUT2D eigenvalue weighted by molar-refractivity contribution is 7.87. The van der Waals surface area contributed by atoms with Crippen LogP contribution in [-0.4, -0.2) is 59.6 Å². The van der Waals surface area contributed by atoms with Gasteiger partial charge in [-0.3, -0.25) is 4.79 Å². The minimum Gasteiger partial charge on any atom is -0.480 e. The van der Waals surface area contributed by atoms with Gasteiger partial charge in [-0.1, -0.05) is 42.7 Å². The quantitative estimate of drug-likeness (QED) is 0.247. The standard InChI is InChI=1S/C19H32BN3O6S/c1-15-4-6-16(7-5-15)14-22-30(28,29)23-12-8-17(9-13-23)19(21,18(24)25)10-2-3-11-20(26)27/h4-7,17,22,26-27H,2-3,8-14,21H2,1H3,(H,24,25). The number of nitrogens with zero attached hydrogens (tertiary/aromatic N) is 1. The molecule has 168 valence electrons. The van der Waals surface area contributed by atoms with Crippen LogP contribution in [0.15, 0.2) is 24.3 Å². The van der Waals surface area contributed by atoms with Crippen molar-refractivity contribution < 1.29 is 28.4 Å². The molecule has 1 heterocycles. The molecule has 1 aliphatic rings. The van der Waals surface area contributed by atoms with Crippen molar-refractivity contribution in [3.05, 3.63) is 35.4 Å². The van der Waals surface area contributed by atoms with Gasteiger partial charge < -0.3 is 20.9 Å². The van der Waals surface area contributed by atoms with Crippen LogP contribution in [0.4, 0.5) is 0 Å². The van der Waals surface area contributed by atoms with Crippen LogP contribution in [0.3, 0.4) is 0 Å². The Morgan fingerprint density at radius 3 is 2.37 bits per heavy atom. The Bertz CT molecular complexity index is 797. The third-order valence-corrected chi connectivity index (χ3v) is 7.36. The Hall–Kier alpha value is -1.50. The summed E-state index contributed by atoms with van der Waals surface area (Å²) in [6, 6.07) is 7.58. The number of rotatable bonds is 11. The molecule has 1 atom stereocenters. The second-order valence-corrected chi connectivity index (χ2v) is 9.81. The topological polar surface area (TPSA) is 153 Å². The highest BCUT2D eigenvalue weighted by Gasteiger charge is 2.44. The van der Waals surface area contributed by atoms with E-state index in [1.165, 1.54) is 4.31 Å². The number of hydrogen-bond donors (Lipinski definition) is 5. The number of hydrogen-bond acceptors (Lipinski definition) is 6. The van der Waals surface area contributed by atoms with E-state index in [-0.39, 0.29) is 38.3 Å². The Morgan fingerprint density at radius 1 is 1.23 bits per heavy atom. The fourth-order valence-corrected chi connectivity index (χ4v) is 5.04. The maximum absolute atomic E-state index is 12.6. The molecule has 1 fully saturated rings. The molecule has 0 bridgehead atoms. The van der Waals surface area contributed by atoms with E-state index in [9.17, 15) is 18.3 Å².